The van der Waals surface area contributed by atoms with Gasteiger partial charge in [-0.3, -0.25) is 14.4 Å². The minimum atomic E-state index is -0.560. The summed E-state index contributed by atoms with van der Waals surface area (Å²) in [6, 6.07) is 42.1. The fraction of sp³-hybridized carbons (Fsp3) is 0.293. The number of aryl methyl sites for hydroxylation is 2. The van der Waals surface area contributed by atoms with Crippen molar-refractivity contribution >= 4 is 51.6 Å². The highest BCUT2D eigenvalue weighted by molar-refractivity contribution is 7.15. The number of nitrogens with zero attached hydrogens (tertiary/aromatic N) is 5. The molecule has 2 amide bonds. The molecule has 15 heteroatoms. The van der Waals surface area contributed by atoms with Crippen LogP contribution in [0.2, 0.25) is 5.02 Å². The largest absolute Gasteiger partial charge is 0.461 e. The van der Waals surface area contributed by atoms with E-state index in [1.54, 1.807) is 16.2 Å². The Bertz CT molecular complexity index is 3210. The third-order valence-corrected chi connectivity index (χ3v) is 14.8. The van der Waals surface area contributed by atoms with Crippen molar-refractivity contribution in [1.29, 1.82) is 0 Å². The Morgan fingerprint density at radius 2 is 1.45 bits per heavy atom. The van der Waals surface area contributed by atoms with Gasteiger partial charge in [0.25, 0.3) is 0 Å². The highest BCUT2D eigenvalue weighted by Crippen LogP contribution is 2.45. The number of aliphatic imine (C=N–C) groups is 1. The van der Waals surface area contributed by atoms with Crippen LogP contribution in [-0.4, -0.2) is 96.7 Å². The molecule has 1 N–H and O–H groups in total. The number of hydrogen-bond donors (Lipinski definition) is 1. The van der Waals surface area contributed by atoms with E-state index in [9.17, 15) is 9.59 Å². The number of carbonyl (C=O) groups is 2. The highest BCUT2D eigenvalue weighted by Gasteiger charge is 2.33. The van der Waals surface area contributed by atoms with Gasteiger partial charge >= 0.3 is 6.09 Å². The van der Waals surface area contributed by atoms with Crippen LogP contribution in [-0.2, 0) is 36.7 Å². The fourth-order valence-electron chi connectivity index (χ4n) is 9.61. The van der Waals surface area contributed by atoms with Crippen molar-refractivity contribution in [2.75, 3.05) is 59.3 Å². The van der Waals surface area contributed by atoms with E-state index >= 15 is 0 Å². The van der Waals surface area contributed by atoms with E-state index in [2.05, 4.69) is 71.8 Å². The standard InChI is InChI=1S/C58H57ClN6O7S/c1-37-38(2)73-57-54(37)55(42-19-21-44(59)22-20-42)61-51(56-63-62-39(3)65(56)57)34-53(66)60-23-25-68-27-29-70-30-28-69-26-24-64(35-41-17-18-43-33-45(72-52(43)32-41)31-40-11-5-4-6-12-40)58(67)71-36-50-48-15-9-7-13-46(48)47-14-8-10-16-49(47)50/h4-22,32-33,50-51H,23-31,34-36H2,1-3H3,(H,60,66)/t51-/m0/s1. The number of halogens is 1. The summed E-state index contributed by atoms with van der Waals surface area (Å²) in [6.45, 7) is 9.27. The quantitative estimate of drug-likeness (QED) is 0.0696. The van der Waals surface area contributed by atoms with Crippen molar-refractivity contribution in [2.24, 2.45) is 4.99 Å². The molecule has 8 aromatic rings. The van der Waals surface area contributed by atoms with Crippen LogP contribution in [0.15, 0.2) is 137 Å². The van der Waals surface area contributed by atoms with Gasteiger partial charge in [-0.25, -0.2) is 4.79 Å². The summed E-state index contributed by atoms with van der Waals surface area (Å²) in [4.78, 5) is 35.4. The molecule has 0 spiro atoms. The van der Waals surface area contributed by atoms with Crippen molar-refractivity contribution in [3.8, 4) is 16.1 Å². The second kappa shape index (κ2) is 22.9. The van der Waals surface area contributed by atoms with Gasteiger partial charge in [0.2, 0.25) is 5.91 Å². The van der Waals surface area contributed by atoms with Crippen LogP contribution in [0.25, 0.3) is 27.1 Å². The van der Waals surface area contributed by atoms with Gasteiger partial charge < -0.3 is 33.6 Å². The summed E-state index contributed by atoms with van der Waals surface area (Å²) in [5, 5.41) is 14.5. The number of nitrogens with one attached hydrogen (secondary N) is 1. The topological polar surface area (TPSA) is 143 Å². The number of fused-ring (bicyclic) bond motifs is 7. The van der Waals surface area contributed by atoms with Crippen LogP contribution in [0.3, 0.4) is 0 Å². The van der Waals surface area contributed by atoms with Gasteiger partial charge in [0.1, 0.15) is 34.8 Å². The van der Waals surface area contributed by atoms with Crippen LogP contribution in [0, 0.1) is 20.8 Å². The molecule has 1 aliphatic carbocycles. The summed E-state index contributed by atoms with van der Waals surface area (Å²) >= 11 is 7.93. The second-order valence-corrected chi connectivity index (χ2v) is 19.9. The van der Waals surface area contributed by atoms with Crippen LogP contribution in [0.4, 0.5) is 4.79 Å². The maximum atomic E-state index is 14.0. The predicted molar refractivity (Wildman–Crippen MR) is 284 cm³/mol. The first-order valence-corrected chi connectivity index (χ1v) is 25.9. The Morgan fingerprint density at radius 1 is 0.767 bits per heavy atom. The van der Waals surface area contributed by atoms with Gasteiger partial charge in [-0.05, 0) is 84.0 Å². The molecule has 1 aliphatic heterocycles. The summed E-state index contributed by atoms with van der Waals surface area (Å²) < 4.78 is 32.0. The molecule has 0 saturated carbocycles. The van der Waals surface area contributed by atoms with Gasteiger partial charge in [0, 0.05) is 58.4 Å². The minimum Gasteiger partial charge on any atom is -0.461 e. The molecular weight excluding hydrogens is 960 g/mol. The molecule has 0 fully saturated rings. The zero-order chi connectivity index (χ0) is 50.3. The van der Waals surface area contributed by atoms with Gasteiger partial charge in [-0.1, -0.05) is 115 Å². The van der Waals surface area contributed by atoms with Gasteiger partial charge in [0.05, 0.1) is 51.8 Å². The van der Waals surface area contributed by atoms with Gasteiger partial charge in [0.15, 0.2) is 5.82 Å². The molecule has 0 unspecified atom stereocenters. The lowest BCUT2D eigenvalue weighted by Crippen LogP contribution is -2.35. The SMILES string of the molecule is Cc1sc2c(c1C)C(c1ccc(Cl)cc1)=N[C@@H](CC(=O)NCCOCCOCCOCCN(Cc1ccc3cc(Cc4ccccc4)oc3c1)C(=O)OCC1c3ccccc3-c3ccccc31)c1nnc(C)n1-2. The molecule has 0 bridgehead atoms. The van der Waals surface area contributed by atoms with Crippen LogP contribution >= 0.6 is 22.9 Å². The maximum absolute atomic E-state index is 14.0. The zero-order valence-corrected chi connectivity index (χ0v) is 42.7. The van der Waals surface area contributed by atoms with Gasteiger partial charge in [-0.2, -0.15) is 0 Å². The number of benzene rings is 5. The summed E-state index contributed by atoms with van der Waals surface area (Å²) in [7, 11) is 0. The molecule has 0 radical (unpaired) electrons. The zero-order valence-electron chi connectivity index (χ0n) is 41.1. The number of hydrogen-bond acceptors (Lipinski definition) is 11. The average Bonchev–Trinajstić information content (AvgIpc) is 4.13. The Kier molecular flexibility index (Phi) is 15.5. The monoisotopic (exact) mass is 1020 g/mol. The number of ether oxygens (including phenoxy) is 4. The number of amides is 2. The predicted octanol–water partition coefficient (Wildman–Crippen LogP) is 11.1. The average molecular weight is 1020 g/mol. The van der Waals surface area contributed by atoms with Crippen molar-refractivity contribution in [2.45, 2.75) is 52.1 Å². The first-order chi connectivity index (χ1) is 35.7. The summed E-state index contributed by atoms with van der Waals surface area (Å²) in [6.07, 6.45) is 0.370. The number of thiophene rings is 1. The molecule has 374 valence electrons. The van der Waals surface area contributed by atoms with Crippen LogP contribution in [0.5, 0.6) is 0 Å². The molecule has 73 heavy (non-hydrogen) atoms. The molecule has 4 heterocycles. The third-order valence-electron chi connectivity index (χ3n) is 13.4. The second-order valence-electron chi connectivity index (χ2n) is 18.3. The van der Waals surface area contributed by atoms with Crippen molar-refractivity contribution < 1.29 is 33.0 Å². The lowest BCUT2D eigenvalue weighted by Gasteiger charge is -2.24. The molecular formula is C58H57ClN6O7S. The lowest BCUT2D eigenvalue weighted by atomic mass is 9.98. The Balaban J connectivity index is 0.681. The number of rotatable bonds is 21. The molecule has 5 aromatic carbocycles. The third kappa shape index (κ3) is 11.3. The number of carbonyl (C=O) groups excluding carboxylic acids is 2. The molecule has 2 aliphatic rings. The minimum absolute atomic E-state index is 0.0575. The molecule has 0 saturated heterocycles. The van der Waals surface area contributed by atoms with E-state index in [1.807, 2.05) is 96.4 Å². The Morgan fingerprint density at radius 3 is 2.19 bits per heavy atom. The Labute approximate surface area is 433 Å². The summed E-state index contributed by atoms with van der Waals surface area (Å²) in [5.41, 5.74) is 11.4. The number of aromatic nitrogens is 3. The fourth-order valence-corrected chi connectivity index (χ4v) is 11.0. The molecule has 13 nitrogen and oxygen atoms in total. The first-order valence-electron chi connectivity index (χ1n) is 24.7. The molecule has 1 atom stereocenters. The number of furan rings is 1. The van der Waals surface area contributed by atoms with E-state index < -0.39 is 12.1 Å². The van der Waals surface area contributed by atoms with Crippen molar-refractivity contribution in [3.05, 3.63) is 194 Å². The first kappa shape index (κ1) is 49.6. The molecule has 10 rings (SSSR count). The Hall–Kier alpha value is -6.94. The highest BCUT2D eigenvalue weighted by atomic mass is 35.5. The van der Waals surface area contributed by atoms with E-state index in [-0.39, 0.29) is 31.5 Å². The maximum Gasteiger partial charge on any atom is 0.410 e. The van der Waals surface area contributed by atoms with E-state index in [4.69, 9.17) is 40.0 Å². The summed E-state index contributed by atoms with van der Waals surface area (Å²) in [5.74, 6) is 2.01. The van der Waals surface area contributed by atoms with Crippen LogP contribution in [0.1, 0.15) is 79.6 Å². The smallest absolute Gasteiger partial charge is 0.410 e. The molecule has 3 aromatic heterocycles. The van der Waals surface area contributed by atoms with E-state index in [0.29, 0.717) is 69.9 Å². The van der Waals surface area contributed by atoms with E-state index in [0.717, 1.165) is 66.6 Å². The van der Waals surface area contributed by atoms with Crippen molar-refractivity contribution in [3.63, 3.8) is 0 Å². The van der Waals surface area contributed by atoms with Crippen LogP contribution < -0.4 is 5.32 Å². The lowest BCUT2D eigenvalue weighted by molar-refractivity contribution is -0.121. The van der Waals surface area contributed by atoms with Crippen molar-refractivity contribution in [1.82, 2.24) is 25.0 Å². The van der Waals surface area contributed by atoms with E-state index in [1.165, 1.54) is 21.6 Å². The normalized spacial score (nSPS) is 13.8. The van der Waals surface area contributed by atoms with Gasteiger partial charge in [-0.15, -0.1) is 21.5 Å².